The summed E-state index contributed by atoms with van der Waals surface area (Å²) >= 11 is 0. The lowest BCUT2D eigenvalue weighted by atomic mass is 9.92. The Balaban J connectivity index is 1.81. The maximum absolute atomic E-state index is 12.2. The second-order valence-electron chi connectivity index (χ2n) is 9.45. The molecule has 0 radical (unpaired) electrons. The van der Waals surface area contributed by atoms with Crippen LogP contribution in [-0.4, -0.2) is 27.1 Å². The van der Waals surface area contributed by atoms with Crippen LogP contribution in [0.5, 0.6) is 0 Å². The highest BCUT2D eigenvalue weighted by Gasteiger charge is 2.28. The first-order valence-electron chi connectivity index (χ1n) is 12.6. The van der Waals surface area contributed by atoms with Crippen molar-refractivity contribution in [3.8, 4) is 17.3 Å². The van der Waals surface area contributed by atoms with Gasteiger partial charge in [-0.15, -0.1) is 0 Å². The molecular formula is C28H36N4OS. The topological polar surface area (TPSA) is 61.1 Å². The summed E-state index contributed by atoms with van der Waals surface area (Å²) in [6.07, 6.45) is 5.87. The molecule has 0 saturated heterocycles. The van der Waals surface area contributed by atoms with Crippen molar-refractivity contribution in [2.45, 2.75) is 71.1 Å². The number of nitrogens with one attached hydrogen (secondary N) is 1. The highest BCUT2D eigenvalue weighted by molar-refractivity contribution is 7.86. The lowest BCUT2D eigenvalue weighted by Gasteiger charge is -2.30. The van der Waals surface area contributed by atoms with Gasteiger partial charge in [0.2, 0.25) is 0 Å². The van der Waals surface area contributed by atoms with E-state index in [-0.39, 0.29) is 5.25 Å². The largest absolute Gasteiger partial charge is 0.372 e. The van der Waals surface area contributed by atoms with Crippen LogP contribution < -0.4 is 9.62 Å². The summed E-state index contributed by atoms with van der Waals surface area (Å²) in [5, 5.41) is 11.3. The van der Waals surface area contributed by atoms with Crippen molar-refractivity contribution >= 4 is 33.3 Å². The Kier molecular flexibility index (Phi) is 7.63. The fourth-order valence-corrected chi connectivity index (χ4v) is 5.27. The van der Waals surface area contributed by atoms with E-state index in [1.165, 1.54) is 24.9 Å². The van der Waals surface area contributed by atoms with Crippen LogP contribution in [0, 0.1) is 11.3 Å². The summed E-state index contributed by atoms with van der Waals surface area (Å²) in [6, 6.07) is 17.6. The molecule has 1 saturated carbocycles. The standard InChI is InChI=1S/C28H36N4OS/c1-5-7-17-31(6-2)24-15-16-25-26(19-29)28(32(27(25)18-24)23-9-8-10-23)21-11-13-22(14-12-21)30-34(33)20(3)4/h11-16,18,20,23,30H,5-10,17H2,1-4H3. The number of hydrogen-bond acceptors (Lipinski definition) is 3. The summed E-state index contributed by atoms with van der Waals surface area (Å²) in [4.78, 5) is 2.43. The Labute approximate surface area is 206 Å². The van der Waals surface area contributed by atoms with Gasteiger partial charge in [0.25, 0.3) is 0 Å². The van der Waals surface area contributed by atoms with E-state index in [9.17, 15) is 9.47 Å². The zero-order valence-electron chi connectivity index (χ0n) is 20.8. The van der Waals surface area contributed by atoms with Crippen LogP contribution in [0.1, 0.15) is 71.4 Å². The molecule has 1 N–H and O–H groups in total. The van der Waals surface area contributed by atoms with Gasteiger partial charge in [0.05, 0.1) is 16.8 Å². The molecule has 0 aliphatic heterocycles. The zero-order valence-corrected chi connectivity index (χ0v) is 21.6. The number of hydrogen-bond donors (Lipinski definition) is 1. The Bertz CT molecular complexity index is 1200. The SMILES string of the molecule is CCCCN(CC)c1ccc2c(C#N)c(-c3ccc(NS(=O)C(C)C)cc3)n(C3CCC3)c2c1. The second kappa shape index (κ2) is 10.7. The summed E-state index contributed by atoms with van der Waals surface area (Å²) in [7, 11) is -1.12. The van der Waals surface area contributed by atoms with Gasteiger partial charge in [0, 0.05) is 41.1 Å². The first-order chi connectivity index (χ1) is 16.5. The lowest BCUT2D eigenvalue weighted by Crippen LogP contribution is -2.24. The van der Waals surface area contributed by atoms with Crippen molar-refractivity contribution in [3.05, 3.63) is 48.0 Å². The van der Waals surface area contributed by atoms with Gasteiger partial charge in [-0.3, -0.25) is 0 Å². The van der Waals surface area contributed by atoms with Crippen molar-refractivity contribution in [2.75, 3.05) is 22.7 Å². The molecule has 4 rings (SSSR count). The van der Waals surface area contributed by atoms with Crippen molar-refractivity contribution in [2.24, 2.45) is 0 Å². The minimum atomic E-state index is -1.12. The number of benzene rings is 2. The first kappa shape index (κ1) is 24.3. The molecule has 0 amide bonds. The Hall–Kier alpha value is -2.78. The third-order valence-corrected chi connectivity index (χ3v) is 8.17. The van der Waals surface area contributed by atoms with Crippen LogP contribution >= 0.6 is 0 Å². The predicted molar refractivity (Wildman–Crippen MR) is 145 cm³/mol. The summed E-state index contributed by atoms with van der Waals surface area (Å²) < 4.78 is 17.7. The number of nitrogens with zero attached hydrogens (tertiary/aromatic N) is 3. The maximum Gasteiger partial charge on any atom is 0.119 e. The Morgan fingerprint density at radius 3 is 2.47 bits per heavy atom. The number of aromatic nitrogens is 1. The van der Waals surface area contributed by atoms with E-state index in [1.54, 1.807) is 0 Å². The normalized spacial score (nSPS) is 14.7. The van der Waals surface area contributed by atoms with Crippen molar-refractivity contribution < 1.29 is 4.21 Å². The zero-order chi connectivity index (χ0) is 24.2. The van der Waals surface area contributed by atoms with Gasteiger partial charge in [0.15, 0.2) is 0 Å². The highest BCUT2D eigenvalue weighted by atomic mass is 32.2. The predicted octanol–water partition coefficient (Wildman–Crippen LogP) is 7.02. The van der Waals surface area contributed by atoms with E-state index in [0.29, 0.717) is 6.04 Å². The van der Waals surface area contributed by atoms with E-state index in [0.717, 1.165) is 59.3 Å². The molecule has 1 heterocycles. The Morgan fingerprint density at radius 1 is 1.18 bits per heavy atom. The van der Waals surface area contributed by atoms with Gasteiger partial charge in [0.1, 0.15) is 17.1 Å². The van der Waals surface area contributed by atoms with Crippen LogP contribution in [0.25, 0.3) is 22.2 Å². The average Bonchev–Trinajstić information content (AvgIpc) is 3.12. The molecule has 3 aromatic rings. The third kappa shape index (κ3) is 4.72. The van der Waals surface area contributed by atoms with Crippen LogP contribution in [0.3, 0.4) is 0 Å². The molecule has 34 heavy (non-hydrogen) atoms. The fraction of sp³-hybridized carbons (Fsp3) is 0.464. The van der Waals surface area contributed by atoms with Crippen LogP contribution in [0.2, 0.25) is 0 Å². The van der Waals surface area contributed by atoms with E-state index in [1.807, 2.05) is 38.1 Å². The number of fused-ring (bicyclic) bond motifs is 1. The van der Waals surface area contributed by atoms with Gasteiger partial charge in [-0.05, 0) is 82.3 Å². The van der Waals surface area contributed by atoms with Gasteiger partial charge >= 0.3 is 0 Å². The van der Waals surface area contributed by atoms with Crippen LogP contribution in [0.4, 0.5) is 11.4 Å². The molecule has 6 heteroatoms. The smallest absolute Gasteiger partial charge is 0.119 e. The molecule has 1 atom stereocenters. The van der Waals surface area contributed by atoms with Crippen LogP contribution in [0.15, 0.2) is 42.5 Å². The maximum atomic E-state index is 12.2. The van der Waals surface area contributed by atoms with E-state index >= 15 is 0 Å². The number of nitriles is 1. The van der Waals surface area contributed by atoms with Crippen molar-refractivity contribution in [3.63, 3.8) is 0 Å². The molecule has 1 aromatic heterocycles. The summed E-state index contributed by atoms with van der Waals surface area (Å²) in [6.45, 7) is 10.3. The molecule has 1 fully saturated rings. The average molecular weight is 477 g/mol. The quantitative estimate of drug-likeness (QED) is 0.342. The summed E-state index contributed by atoms with van der Waals surface area (Å²) in [5.41, 5.74) is 6.00. The van der Waals surface area contributed by atoms with Gasteiger partial charge in [-0.1, -0.05) is 25.5 Å². The minimum Gasteiger partial charge on any atom is -0.372 e. The molecule has 0 bridgehead atoms. The molecule has 1 aliphatic rings. The van der Waals surface area contributed by atoms with Gasteiger partial charge in [-0.2, -0.15) is 5.26 Å². The van der Waals surface area contributed by atoms with Crippen LogP contribution in [-0.2, 0) is 11.0 Å². The van der Waals surface area contributed by atoms with E-state index in [2.05, 4.69) is 52.3 Å². The minimum absolute atomic E-state index is 0.0419. The monoisotopic (exact) mass is 476 g/mol. The first-order valence-corrected chi connectivity index (χ1v) is 13.8. The second-order valence-corrected chi connectivity index (χ2v) is 11.2. The van der Waals surface area contributed by atoms with Gasteiger partial charge in [-0.25, -0.2) is 4.21 Å². The Morgan fingerprint density at radius 2 is 1.91 bits per heavy atom. The summed E-state index contributed by atoms with van der Waals surface area (Å²) in [5.74, 6) is 0. The molecule has 0 spiro atoms. The van der Waals surface area contributed by atoms with Gasteiger partial charge < -0.3 is 14.2 Å². The number of unbranched alkanes of at least 4 members (excludes halogenated alkanes) is 1. The lowest BCUT2D eigenvalue weighted by molar-refractivity contribution is 0.324. The number of rotatable bonds is 10. The van der Waals surface area contributed by atoms with Crippen molar-refractivity contribution in [1.82, 2.24) is 4.57 Å². The molecule has 5 nitrogen and oxygen atoms in total. The van der Waals surface area contributed by atoms with E-state index < -0.39 is 11.0 Å². The molecule has 1 unspecified atom stereocenters. The fourth-order valence-electron chi connectivity index (χ4n) is 4.67. The molecule has 180 valence electrons. The molecule has 1 aliphatic carbocycles. The highest BCUT2D eigenvalue weighted by Crippen LogP contribution is 2.43. The third-order valence-electron chi connectivity index (χ3n) is 6.87. The molecular weight excluding hydrogens is 440 g/mol. The number of anilines is 2. The van der Waals surface area contributed by atoms with E-state index in [4.69, 9.17) is 0 Å². The van der Waals surface area contributed by atoms with Crippen molar-refractivity contribution in [1.29, 1.82) is 5.26 Å². The molecule has 2 aromatic carbocycles.